The average molecular weight is 2060 g/mol. The van der Waals surface area contributed by atoms with Crippen LogP contribution in [0.25, 0.3) is 44.7 Å². The number of ketones is 4. The maximum atomic E-state index is 13.5. The number of H-pyrrole nitrogens is 4. The molecule has 44 nitrogen and oxygen atoms in total. The lowest BCUT2D eigenvalue weighted by atomic mass is 9.86. The van der Waals surface area contributed by atoms with Crippen molar-refractivity contribution >= 4 is 168 Å². The molecule has 0 spiro atoms. The highest BCUT2D eigenvalue weighted by Gasteiger charge is 2.35. The van der Waals surface area contributed by atoms with Gasteiger partial charge in [-0.1, -0.05) is 151 Å². The van der Waals surface area contributed by atoms with E-state index >= 15 is 0 Å². The molecule has 8 heterocycles. The largest absolute Gasteiger partial charge is 0.369 e. The third-order valence-corrected chi connectivity index (χ3v) is 27.4. The number of nitrogen functional groups attached to an aromatic ring is 4. The number of nitrogens with two attached hydrogens (primary N) is 4. The number of carbonyl (C=O) groups is 4. The fourth-order valence-corrected chi connectivity index (χ4v) is 19.0. The summed E-state index contributed by atoms with van der Waals surface area (Å²) in [6.07, 6.45) is 12.2. The average Bonchev–Trinajstić information content (AvgIpc) is 1.67. The van der Waals surface area contributed by atoms with Gasteiger partial charge in [0, 0.05) is 70.1 Å². The minimum Gasteiger partial charge on any atom is -0.369 e. The smallest absolute Gasteiger partial charge is 0.356 e. The Balaban J connectivity index is 0.000000165. The lowest BCUT2D eigenvalue weighted by Crippen LogP contribution is -2.22. The Labute approximate surface area is 805 Å². The van der Waals surface area contributed by atoms with E-state index < -0.39 is 78.5 Å². The molecule has 12 N–H and O–H groups in total. The number of rotatable bonds is 49. The normalized spacial score (nSPS) is 14.5. The van der Waals surface area contributed by atoms with Gasteiger partial charge < -0.3 is 78.2 Å². The van der Waals surface area contributed by atoms with E-state index in [2.05, 4.69) is 66.4 Å². The fraction of sp³-hybridized carbons (Fsp3) is 0.349. The van der Waals surface area contributed by atoms with Gasteiger partial charge in [-0.05, 0) is 96.5 Å². The Bertz CT molecular complexity index is 6870. The first-order chi connectivity index (χ1) is 66.3. The number of hydrogen-bond donors (Lipinski definition) is 8. The van der Waals surface area contributed by atoms with E-state index in [4.69, 9.17) is 124 Å². The highest BCUT2D eigenvalue weighted by Crippen LogP contribution is 2.53. The monoisotopic (exact) mass is 2060 g/mol. The summed E-state index contributed by atoms with van der Waals surface area (Å²) in [4.78, 5) is 138. The first-order valence-corrected chi connectivity index (χ1v) is 51.1. The second kappa shape index (κ2) is 51.1. The van der Waals surface area contributed by atoms with Gasteiger partial charge in [0.15, 0.2) is 67.8 Å². The summed E-state index contributed by atoms with van der Waals surface area (Å²) in [6, 6.07) is 36.2. The standard InChI is InChI=1S/C23H29ClN5O6P.C23H23ClN5O6P.2C20H23ClN5O6P/c2*24-18-8-4-5-16(11-18)12-34-36(32,35-13-19(30)17-6-2-1-3-7-17)15-33-10-9-29-14-26-20-21(29)27-23(25)28-22(20)31;21-15-3-1-2-13(8-15)9-31-33(29,32-10-16(27)14-4-5-14)12-30-7-6-26-11-23-17-18(26)24-20(22)25-19(17)28;1-2-4-16(27)11-32-33(29,31-10-14-5-3-6-15(21)9-14)13-30-8-7-26-12-23-17-18(26)24-20(22)25-19(17)28/h4-5,8,11,14,17H,1-3,6-7,9-10,12-13,15H2,(H3,25,27,28,31);1-8,11,14H,9-10,12-13,15H2,(H3,25,27,28,31);1-3,8,11,14H,4-7,9-10,12H2,(H3,22,24,25,28);2-3,5-6,9,12H,1,4,7-8,10-11,13H2,(H3,22,24,25,28). The van der Waals surface area contributed by atoms with Gasteiger partial charge in [-0.3, -0.25) is 94.6 Å². The van der Waals surface area contributed by atoms with Crippen LogP contribution in [0.4, 0.5) is 23.8 Å². The van der Waals surface area contributed by atoms with Crippen molar-refractivity contribution in [2.75, 3.05) is 101 Å². The summed E-state index contributed by atoms with van der Waals surface area (Å²) >= 11 is 24.0. The molecule has 0 bridgehead atoms. The Morgan fingerprint density at radius 3 is 0.964 bits per heavy atom. The number of anilines is 4. The van der Waals surface area contributed by atoms with Crippen LogP contribution < -0.4 is 45.2 Å². The number of fused-ring (bicyclic) bond motifs is 4. The molecule has 0 aliphatic heterocycles. The van der Waals surface area contributed by atoms with Crippen LogP contribution in [-0.2, 0) is 140 Å². The Morgan fingerprint density at radius 2 is 0.674 bits per heavy atom. The molecule has 138 heavy (non-hydrogen) atoms. The molecule has 5 aromatic carbocycles. The van der Waals surface area contributed by atoms with Crippen molar-refractivity contribution in [2.24, 2.45) is 11.8 Å². The van der Waals surface area contributed by atoms with Crippen molar-refractivity contribution in [3.8, 4) is 0 Å². The maximum Gasteiger partial charge on any atom is 0.356 e. The number of aromatic nitrogens is 16. The number of imidazole rings is 4. The van der Waals surface area contributed by atoms with Gasteiger partial charge in [0.25, 0.3) is 22.2 Å². The first-order valence-electron chi connectivity index (χ1n) is 42.7. The molecule has 2 fully saturated rings. The zero-order valence-electron chi connectivity index (χ0n) is 73.9. The number of halogens is 4. The molecule has 4 atom stereocenters. The van der Waals surface area contributed by atoms with Crippen molar-refractivity contribution in [2.45, 2.75) is 104 Å². The molecule has 734 valence electrons. The van der Waals surface area contributed by atoms with E-state index in [1.165, 1.54) is 31.4 Å². The van der Waals surface area contributed by atoms with Crippen LogP contribution >= 0.6 is 76.8 Å². The van der Waals surface area contributed by atoms with Crippen LogP contribution in [0, 0.1) is 11.8 Å². The minimum absolute atomic E-state index is 0.0169. The zero-order chi connectivity index (χ0) is 98.4. The number of ether oxygens (including phenoxy) is 4. The van der Waals surface area contributed by atoms with E-state index in [9.17, 15) is 56.6 Å². The van der Waals surface area contributed by atoms with Crippen molar-refractivity contribution < 1.29 is 92.6 Å². The van der Waals surface area contributed by atoms with E-state index in [0.717, 1.165) is 44.9 Å². The molecule has 2 aliphatic carbocycles. The highest BCUT2D eigenvalue weighted by molar-refractivity contribution is 7.54. The third kappa shape index (κ3) is 32.4. The predicted octanol–water partition coefficient (Wildman–Crippen LogP) is 13.2. The number of benzene rings is 5. The van der Waals surface area contributed by atoms with Crippen molar-refractivity contribution in [1.29, 1.82) is 0 Å². The molecule has 8 aromatic heterocycles. The Kier molecular flexibility index (Phi) is 39.1. The van der Waals surface area contributed by atoms with Gasteiger partial charge in [0.1, 0.15) is 51.8 Å². The van der Waals surface area contributed by atoms with E-state index in [1.807, 2.05) is 0 Å². The second-order valence-corrected chi connectivity index (χ2v) is 40.6. The Hall–Kier alpha value is -11.3. The SMILES string of the molecule is C=CCC(=O)COP(=O)(COCCn1cnc2c(=O)[nH]c(N)nc21)OCc1cccc(Cl)c1.Nc1nc2c(ncn2CCOCP(=O)(OCC(=O)C2CC2)OCc2cccc(Cl)c2)c(=O)[nH]1.Nc1nc2c(ncn2CCOCP(=O)(OCC(=O)C2CCCCC2)OCc2cccc(Cl)c2)c(=O)[nH]1.Nc1nc2c(ncn2CCOCP(=O)(OCC(=O)c2ccccc2)OCc2cccc(Cl)c2)c(=O)[nH]1. The number of aromatic amines is 4. The molecule has 15 rings (SSSR count). The van der Waals surface area contributed by atoms with Crippen LogP contribution in [0.2, 0.25) is 20.1 Å². The van der Waals surface area contributed by atoms with E-state index in [1.54, 1.807) is 146 Å². The van der Waals surface area contributed by atoms with Gasteiger partial charge in [-0.15, -0.1) is 6.58 Å². The van der Waals surface area contributed by atoms with Crippen molar-refractivity contribution in [3.63, 3.8) is 0 Å². The summed E-state index contributed by atoms with van der Waals surface area (Å²) < 4.78 is 126. The van der Waals surface area contributed by atoms with E-state index in [0.29, 0.717) is 70.5 Å². The number of carbonyl (C=O) groups excluding carboxylic acids is 4. The minimum atomic E-state index is -3.85. The number of allylic oxidation sites excluding steroid dienone is 1. The number of Topliss-reactive ketones (excluding diaryl/α,β-unsaturated/α-hetero) is 4. The van der Waals surface area contributed by atoms with Gasteiger partial charge in [-0.2, -0.15) is 19.9 Å². The molecule has 13 aromatic rings. The highest BCUT2D eigenvalue weighted by atomic mass is 35.5. The molecule has 0 radical (unpaired) electrons. The first kappa shape index (κ1) is 106. The molecule has 4 unspecified atom stereocenters. The predicted molar refractivity (Wildman–Crippen MR) is 513 cm³/mol. The zero-order valence-corrected chi connectivity index (χ0v) is 80.5. The number of nitrogens with zero attached hydrogens (tertiary/aromatic N) is 12. The molecule has 0 saturated heterocycles. The van der Waals surface area contributed by atoms with Crippen LogP contribution in [-0.4, -0.2) is 179 Å². The van der Waals surface area contributed by atoms with Gasteiger partial charge in [0.05, 0.1) is 78.2 Å². The molecule has 2 aliphatic rings. The lowest BCUT2D eigenvalue weighted by Gasteiger charge is -2.22. The van der Waals surface area contributed by atoms with Gasteiger partial charge in [0.2, 0.25) is 23.8 Å². The quantitative estimate of drug-likeness (QED) is 0.00760. The van der Waals surface area contributed by atoms with Crippen LogP contribution in [0.3, 0.4) is 0 Å². The molecule has 52 heteroatoms. The number of nitrogens with one attached hydrogen (secondary N) is 4. The van der Waals surface area contributed by atoms with E-state index in [-0.39, 0.29) is 192 Å². The van der Waals surface area contributed by atoms with Crippen LogP contribution in [0.5, 0.6) is 0 Å². The summed E-state index contributed by atoms with van der Waals surface area (Å²) in [5.41, 5.74) is 25.7. The molecule has 2 saturated carbocycles. The topological polar surface area (TPSA) is 606 Å². The summed E-state index contributed by atoms with van der Waals surface area (Å²) in [7, 11) is -15.1. The lowest BCUT2D eigenvalue weighted by molar-refractivity contribution is -0.126. The van der Waals surface area contributed by atoms with Crippen LogP contribution in [0.1, 0.15) is 84.0 Å². The third-order valence-electron chi connectivity index (χ3n) is 20.3. The van der Waals surface area contributed by atoms with Gasteiger partial charge >= 0.3 is 30.4 Å². The van der Waals surface area contributed by atoms with Gasteiger partial charge in [-0.25, -0.2) is 19.9 Å². The summed E-state index contributed by atoms with van der Waals surface area (Å²) in [5, 5.41) is 2.05. The summed E-state index contributed by atoms with van der Waals surface area (Å²) in [6.45, 7) is 3.29. The second-order valence-electron chi connectivity index (χ2n) is 30.9. The molecular weight excluding hydrogens is 1960 g/mol. The summed E-state index contributed by atoms with van der Waals surface area (Å²) in [5.74, 6) is -1.02. The van der Waals surface area contributed by atoms with Crippen molar-refractivity contribution in [3.05, 3.63) is 255 Å². The number of hydrogen-bond acceptors (Lipinski definition) is 36. The molecule has 0 amide bonds. The Morgan fingerprint density at radius 1 is 0.384 bits per heavy atom. The maximum absolute atomic E-state index is 13.5. The van der Waals surface area contributed by atoms with Crippen molar-refractivity contribution in [1.82, 2.24) is 78.1 Å². The fourth-order valence-electron chi connectivity index (χ4n) is 13.2. The molecular formula is C86H98Cl4N20O24P4. The van der Waals surface area contributed by atoms with Crippen LogP contribution in [0.15, 0.2) is 185 Å².